The number of hydrogen-bond donors (Lipinski definition) is 0. The molecule has 0 amide bonds. The van der Waals surface area contributed by atoms with Gasteiger partial charge in [0, 0.05) is 17.3 Å². The average Bonchev–Trinajstić information content (AvgIpc) is 2.15. The van der Waals surface area contributed by atoms with Crippen molar-refractivity contribution in [3.8, 4) is 5.88 Å². The van der Waals surface area contributed by atoms with Crippen LogP contribution >= 0.6 is 11.6 Å². The van der Waals surface area contributed by atoms with Crippen LogP contribution in [0.5, 0.6) is 5.88 Å². The largest absolute Gasteiger partial charge is 0.471 e. The van der Waals surface area contributed by atoms with Crippen molar-refractivity contribution in [2.45, 2.75) is 5.92 Å². The number of aromatic nitrogens is 1. The molecule has 1 rings (SSSR count). The minimum absolute atomic E-state index is 0.0685. The summed E-state index contributed by atoms with van der Waals surface area (Å²) in [6.07, 6.45) is 1.90. The van der Waals surface area contributed by atoms with E-state index in [9.17, 15) is 8.78 Å². The van der Waals surface area contributed by atoms with E-state index in [0.29, 0.717) is 11.1 Å². The molecule has 0 radical (unpaired) electrons. The Morgan fingerprint density at radius 1 is 1.64 bits per heavy atom. The Morgan fingerprint density at radius 2 is 2.36 bits per heavy atom. The molecule has 2 nitrogen and oxygen atoms in total. The molecule has 0 fully saturated rings. The lowest BCUT2D eigenvalue weighted by Gasteiger charge is -2.11. The van der Waals surface area contributed by atoms with Crippen LogP contribution in [0, 0.1) is 0 Å². The van der Waals surface area contributed by atoms with Crippen LogP contribution in [0.25, 0.3) is 0 Å². The summed E-state index contributed by atoms with van der Waals surface area (Å²) in [6.45, 7) is 2.20. The predicted octanol–water partition coefficient (Wildman–Crippen LogP) is 2.94. The van der Waals surface area contributed by atoms with E-state index in [1.807, 2.05) is 0 Å². The lowest BCUT2D eigenvalue weighted by Crippen LogP contribution is -2.22. The molecule has 1 aromatic rings. The van der Waals surface area contributed by atoms with Gasteiger partial charge < -0.3 is 4.74 Å². The van der Waals surface area contributed by atoms with E-state index in [1.165, 1.54) is 18.3 Å². The van der Waals surface area contributed by atoms with Gasteiger partial charge in [0.25, 0.3) is 5.92 Å². The maximum absolute atomic E-state index is 12.6. The zero-order valence-corrected chi connectivity index (χ0v) is 7.97. The number of rotatable bonds is 4. The van der Waals surface area contributed by atoms with Crippen LogP contribution in [0.3, 0.4) is 0 Å². The molecular weight excluding hydrogens is 212 g/mol. The summed E-state index contributed by atoms with van der Waals surface area (Å²) in [5.41, 5.74) is 0. The molecule has 0 unspecified atom stereocenters. The quantitative estimate of drug-likeness (QED) is 0.727. The SMILES string of the molecule is C=CC(F)(F)COc1cc(Cl)ccn1. The molecule has 0 aliphatic carbocycles. The van der Waals surface area contributed by atoms with Crippen molar-refractivity contribution in [3.63, 3.8) is 0 Å². The molecule has 1 heterocycles. The predicted molar refractivity (Wildman–Crippen MR) is 49.9 cm³/mol. The minimum Gasteiger partial charge on any atom is -0.471 e. The van der Waals surface area contributed by atoms with Crippen molar-refractivity contribution < 1.29 is 13.5 Å². The molecule has 0 aliphatic heterocycles. The maximum Gasteiger partial charge on any atom is 0.299 e. The van der Waals surface area contributed by atoms with E-state index >= 15 is 0 Å². The number of halogens is 3. The van der Waals surface area contributed by atoms with Gasteiger partial charge in [0.15, 0.2) is 6.61 Å². The molecule has 76 valence electrons. The van der Waals surface area contributed by atoms with Gasteiger partial charge in [-0.2, -0.15) is 8.78 Å². The number of ether oxygens (including phenoxy) is 1. The van der Waals surface area contributed by atoms with Crippen molar-refractivity contribution >= 4 is 11.6 Å². The summed E-state index contributed by atoms with van der Waals surface area (Å²) in [5.74, 6) is -2.98. The summed E-state index contributed by atoms with van der Waals surface area (Å²) in [4.78, 5) is 3.70. The second-order valence-corrected chi connectivity index (χ2v) is 3.00. The van der Waals surface area contributed by atoms with Gasteiger partial charge in [0.2, 0.25) is 5.88 Å². The third kappa shape index (κ3) is 3.30. The van der Waals surface area contributed by atoms with Crippen LogP contribution in [0.4, 0.5) is 8.78 Å². The molecule has 0 saturated carbocycles. The molecule has 0 aliphatic rings. The normalized spacial score (nSPS) is 11.1. The van der Waals surface area contributed by atoms with Crippen LogP contribution in [-0.4, -0.2) is 17.5 Å². The second-order valence-electron chi connectivity index (χ2n) is 2.57. The first-order valence-electron chi connectivity index (χ1n) is 3.79. The summed E-state index contributed by atoms with van der Waals surface area (Å²) in [5, 5.41) is 0.386. The van der Waals surface area contributed by atoms with Crippen LogP contribution < -0.4 is 4.74 Å². The van der Waals surface area contributed by atoms with Crippen molar-refractivity contribution in [3.05, 3.63) is 36.0 Å². The monoisotopic (exact) mass is 219 g/mol. The van der Waals surface area contributed by atoms with Gasteiger partial charge >= 0.3 is 0 Å². The first-order valence-corrected chi connectivity index (χ1v) is 4.17. The van der Waals surface area contributed by atoms with Gasteiger partial charge in [-0.05, 0) is 12.1 Å². The number of pyridine rings is 1. The maximum atomic E-state index is 12.6. The smallest absolute Gasteiger partial charge is 0.299 e. The zero-order valence-electron chi connectivity index (χ0n) is 7.21. The van der Waals surface area contributed by atoms with E-state index in [0.717, 1.165) is 0 Å². The Bertz CT molecular complexity index is 330. The Morgan fingerprint density at radius 3 is 2.93 bits per heavy atom. The fourth-order valence-electron chi connectivity index (χ4n) is 0.693. The molecule has 0 aromatic carbocycles. The lowest BCUT2D eigenvalue weighted by molar-refractivity contribution is 0.00395. The highest BCUT2D eigenvalue weighted by atomic mass is 35.5. The van der Waals surface area contributed by atoms with Crippen molar-refractivity contribution in [1.82, 2.24) is 4.98 Å². The highest BCUT2D eigenvalue weighted by Gasteiger charge is 2.25. The van der Waals surface area contributed by atoms with E-state index in [2.05, 4.69) is 11.6 Å². The minimum atomic E-state index is -3.05. The lowest BCUT2D eigenvalue weighted by atomic mass is 10.3. The first kappa shape index (κ1) is 10.9. The van der Waals surface area contributed by atoms with Crippen LogP contribution in [-0.2, 0) is 0 Å². The second kappa shape index (κ2) is 4.37. The van der Waals surface area contributed by atoms with Crippen LogP contribution in [0.2, 0.25) is 5.02 Å². The molecule has 14 heavy (non-hydrogen) atoms. The zero-order chi connectivity index (χ0) is 10.6. The van der Waals surface area contributed by atoms with Crippen molar-refractivity contribution in [2.24, 2.45) is 0 Å². The van der Waals surface area contributed by atoms with Crippen molar-refractivity contribution in [1.29, 1.82) is 0 Å². The highest BCUT2D eigenvalue weighted by molar-refractivity contribution is 6.30. The first-order chi connectivity index (χ1) is 6.53. The third-order valence-corrected chi connectivity index (χ3v) is 1.64. The molecule has 0 saturated heterocycles. The number of alkyl halides is 2. The average molecular weight is 220 g/mol. The van der Waals surface area contributed by atoms with Gasteiger partial charge in [-0.1, -0.05) is 18.2 Å². The van der Waals surface area contributed by atoms with Gasteiger partial charge in [-0.3, -0.25) is 0 Å². The molecule has 5 heteroatoms. The van der Waals surface area contributed by atoms with E-state index in [4.69, 9.17) is 16.3 Å². The van der Waals surface area contributed by atoms with Gasteiger partial charge in [-0.25, -0.2) is 4.98 Å². The Kier molecular flexibility index (Phi) is 3.41. The Hall–Kier alpha value is -1.16. The van der Waals surface area contributed by atoms with E-state index < -0.39 is 12.5 Å². The van der Waals surface area contributed by atoms with E-state index in [-0.39, 0.29) is 5.88 Å². The topological polar surface area (TPSA) is 22.1 Å². The molecule has 0 spiro atoms. The number of hydrogen-bond acceptors (Lipinski definition) is 2. The van der Waals surface area contributed by atoms with Gasteiger partial charge in [0.05, 0.1) is 0 Å². The third-order valence-electron chi connectivity index (χ3n) is 1.41. The molecule has 0 atom stereocenters. The highest BCUT2D eigenvalue weighted by Crippen LogP contribution is 2.18. The summed E-state index contributed by atoms with van der Waals surface area (Å²) >= 11 is 5.60. The number of nitrogens with zero attached hydrogens (tertiary/aromatic N) is 1. The van der Waals surface area contributed by atoms with Crippen molar-refractivity contribution in [2.75, 3.05) is 6.61 Å². The molecular formula is C9H8ClF2NO. The van der Waals surface area contributed by atoms with Crippen LogP contribution in [0.15, 0.2) is 31.0 Å². The fourth-order valence-corrected chi connectivity index (χ4v) is 0.843. The summed E-state index contributed by atoms with van der Waals surface area (Å²) in [7, 11) is 0. The molecule has 0 N–H and O–H groups in total. The summed E-state index contributed by atoms with van der Waals surface area (Å²) in [6, 6.07) is 2.89. The summed E-state index contributed by atoms with van der Waals surface area (Å²) < 4.78 is 30.0. The molecule has 1 aromatic heterocycles. The Labute approximate surface area is 85.2 Å². The van der Waals surface area contributed by atoms with E-state index in [1.54, 1.807) is 0 Å². The van der Waals surface area contributed by atoms with Gasteiger partial charge in [-0.15, -0.1) is 0 Å². The van der Waals surface area contributed by atoms with Crippen LogP contribution in [0.1, 0.15) is 0 Å². The Balaban J connectivity index is 2.58. The van der Waals surface area contributed by atoms with Gasteiger partial charge in [0.1, 0.15) is 0 Å². The molecule has 0 bridgehead atoms. The standard InChI is InChI=1S/C9H8ClF2NO/c1-2-9(11,12)6-14-8-5-7(10)3-4-13-8/h2-5H,1,6H2. The fraction of sp³-hybridized carbons (Fsp3) is 0.222.